The van der Waals surface area contributed by atoms with Gasteiger partial charge in [-0.2, -0.15) is 0 Å². The van der Waals surface area contributed by atoms with Crippen LogP contribution in [0.2, 0.25) is 0 Å². The van der Waals surface area contributed by atoms with Crippen molar-refractivity contribution in [2.45, 2.75) is 18.9 Å². The molecule has 0 saturated carbocycles. The summed E-state index contributed by atoms with van der Waals surface area (Å²) in [6.45, 7) is 1.46. The largest absolute Gasteiger partial charge is 0.347 e. The van der Waals surface area contributed by atoms with E-state index < -0.39 is 6.23 Å². The first kappa shape index (κ1) is 14.7. The average molecular weight is 393 g/mol. The zero-order valence-corrected chi connectivity index (χ0v) is 13.6. The van der Waals surface area contributed by atoms with Crippen molar-refractivity contribution >= 4 is 28.9 Å². The molecule has 1 heterocycles. The van der Waals surface area contributed by atoms with Gasteiger partial charge in [0.2, 0.25) is 0 Å². The Hall–Kier alpha value is -1.24. The van der Waals surface area contributed by atoms with Gasteiger partial charge < -0.3 is 4.74 Å². The van der Waals surface area contributed by atoms with Gasteiger partial charge in [0.05, 0.1) is 6.10 Å². The van der Waals surface area contributed by atoms with Crippen molar-refractivity contribution in [3.05, 3.63) is 69.3 Å². The summed E-state index contributed by atoms with van der Waals surface area (Å²) in [4.78, 5) is 13.4. The van der Waals surface area contributed by atoms with E-state index in [9.17, 15) is 4.79 Å². The second-order valence-electron chi connectivity index (χ2n) is 5.12. The van der Waals surface area contributed by atoms with Gasteiger partial charge in [0.25, 0.3) is 0 Å². The number of carbonyl (C=O) groups is 1. The van der Waals surface area contributed by atoms with Crippen LogP contribution in [-0.2, 0) is 16.1 Å². The van der Waals surface area contributed by atoms with E-state index >= 15 is 0 Å². The van der Waals surface area contributed by atoms with Crippen molar-refractivity contribution in [3.63, 3.8) is 0 Å². The highest BCUT2D eigenvalue weighted by molar-refractivity contribution is 14.1. The Balaban J connectivity index is 1.74. The molecule has 2 atom stereocenters. The molecule has 108 valence electrons. The van der Waals surface area contributed by atoms with E-state index in [1.165, 1.54) is 9.13 Å². The van der Waals surface area contributed by atoms with Gasteiger partial charge in [-0.25, -0.2) is 0 Å². The summed E-state index contributed by atoms with van der Waals surface area (Å²) in [6, 6.07) is 18.4. The monoisotopic (exact) mass is 393 g/mol. The standard InChI is InChI=1S/C17H16INO2/c18-15-8-4-5-13(9-15)10-19-11-16(21-17(19)12-20)14-6-2-1-3-7-14/h1-9,12,16-17H,10-11H2/t16-,17?/m0/s1. The van der Waals surface area contributed by atoms with Gasteiger partial charge in [0.15, 0.2) is 12.5 Å². The van der Waals surface area contributed by atoms with Crippen LogP contribution in [-0.4, -0.2) is 24.0 Å². The fraction of sp³-hybridized carbons (Fsp3) is 0.235. The molecule has 4 heteroatoms. The molecule has 21 heavy (non-hydrogen) atoms. The number of hydrogen-bond acceptors (Lipinski definition) is 3. The molecule has 0 radical (unpaired) electrons. The van der Waals surface area contributed by atoms with Gasteiger partial charge in [0.1, 0.15) is 0 Å². The van der Waals surface area contributed by atoms with Crippen molar-refractivity contribution in [1.82, 2.24) is 4.90 Å². The highest BCUT2D eigenvalue weighted by atomic mass is 127. The van der Waals surface area contributed by atoms with Gasteiger partial charge in [0, 0.05) is 16.7 Å². The van der Waals surface area contributed by atoms with Crippen molar-refractivity contribution < 1.29 is 9.53 Å². The van der Waals surface area contributed by atoms with Crippen LogP contribution in [0, 0.1) is 3.57 Å². The fourth-order valence-electron chi connectivity index (χ4n) is 2.61. The lowest BCUT2D eigenvalue weighted by molar-refractivity contribution is -0.123. The zero-order valence-electron chi connectivity index (χ0n) is 11.5. The van der Waals surface area contributed by atoms with Crippen LogP contribution in [0.25, 0.3) is 0 Å². The quantitative estimate of drug-likeness (QED) is 0.589. The third-order valence-electron chi connectivity index (χ3n) is 3.63. The minimum atomic E-state index is -0.465. The van der Waals surface area contributed by atoms with Crippen LogP contribution in [0.15, 0.2) is 54.6 Å². The summed E-state index contributed by atoms with van der Waals surface area (Å²) in [5.74, 6) is 0. The molecular formula is C17H16INO2. The van der Waals surface area contributed by atoms with Crippen LogP contribution in [0.5, 0.6) is 0 Å². The van der Waals surface area contributed by atoms with E-state index in [0.717, 1.165) is 24.9 Å². The molecule has 1 saturated heterocycles. The summed E-state index contributed by atoms with van der Waals surface area (Å²) in [6.07, 6.45) is 0.383. The first-order valence-corrected chi connectivity index (χ1v) is 7.98. The zero-order chi connectivity index (χ0) is 14.7. The Labute approximate surface area is 138 Å². The molecule has 0 aromatic heterocycles. The number of aldehydes is 1. The topological polar surface area (TPSA) is 29.5 Å². The third-order valence-corrected chi connectivity index (χ3v) is 4.30. The Morgan fingerprint density at radius 1 is 1.19 bits per heavy atom. The predicted octanol–water partition coefficient (Wildman–Crippen LogP) is 3.39. The highest BCUT2D eigenvalue weighted by Crippen LogP contribution is 2.29. The van der Waals surface area contributed by atoms with Gasteiger partial charge in [-0.1, -0.05) is 42.5 Å². The van der Waals surface area contributed by atoms with Crippen molar-refractivity contribution in [2.75, 3.05) is 6.54 Å². The van der Waals surface area contributed by atoms with E-state index in [2.05, 4.69) is 45.7 Å². The van der Waals surface area contributed by atoms with Crippen LogP contribution in [0.1, 0.15) is 17.2 Å². The molecule has 0 bridgehead atoms. The second-order valence-corrected chi connectivity index (χ2v) is 6.37. The summed E-state index contributed by atoms with van der Waals surface area (Å²) in [5, 5.41) is 0. The molecule has 1 aliphatic heterocycles. The Morgan fingerprint density at radius 2 is 2.00 bits per heavy atom. The van der Waals surface area contributed by atoms with Gasteiger partial charge in [-0.3, -0.25) is 9.69 Å². The molecule has 0 N–H and O–H groups in total. The molecule has 1 unspecified atom stereocenters. The molecular weight excluding hydrogens is 377 g/mol. The minimum Gasteiger partial charge on any atom is -0.347 e. The summed E-state index contributed by atoms with van der Waals surface area (Å²) >= 11 is 2.30. The number of ether oxygens (including phenoxy) is 1. The van der Waals surface area contributed by atoms with E-state index in [4.69, 9.17) is 4.74 Å². The van der Waals surface area contributed by atoms with Gasteiger partial charge >= 0.3 is 0 Å². The fourth-order valence-corrected chi connectivity index (χ4v) is 3.22. The van der Waals surface area contributed by atoms with E-state index in [-0.39, 0.29) is 6.10 Å². The van der Waals surface area contributed by atoms with Gasteiger partial charge in [-0.05, 0) is 45.9 Å². The molecule has 3 rings (SSSR count). The van der Waals surface area contributed by atoms with Crippen LogP contribution >= 0.6 is 22.6 Å². The molecule has 0 spiro atoms. The Bertz CT molecular complexity index is 617. The second kappa shape index (κ2) is 6.68. The van der Waals surface area contributed by atoms with Crippen molar-refractivity contribution in [1.29, 1.82) is 0 Å². The Kier molecular flexibility index (Phi) is 4.67. The summed E-state index contributed by atoms with van der Waals surface area (Å²) in [7, 11) is 0. The van der Waals surface area contributed by atoms with Gasteiger partial charge in [-0.15, -0.1) is 0 Å². The van der Waals surface area contributed by atoms with Crippen LogP contribution in [0.3, 0.4) is 0 Å². The van der Waals surface area contributed by atoms with Crippen molar-refractivity contribution in [3.8, 4) is 0 Å². The SMILES string of the molecule is O=CC1O[C@H](c2ccccc2)CN1Cc1cccc(I)c1. The molecule has 1 aliphatic rings. The van der Waals surface area contributed by atoms with E-state index in [1.807, 2.05) is 36.4 Å². The maximum Gasteiger partial charge on any atom is 0.168 e. The minimum absolute atomic E-state index is 0.0378. The molecule has 3 nitrogen and oxygen atoms in total. The normalized spacial score (nSPS) is 22.3. The summed E-state index contributed by atoms with van der Waals surface area (Å²) in [5.41, 5.74) is 2.32. The molecule has 2 aromatic carbocycles. The molecule has 2 aromatic rings. The first-order chi connectivity index (χ1) is 10.3. The molecule has 0 aliphatic carbocycles. The van der Waals surface area contributed by atoms with E-state index in [0.29, 0.717) is 0 Å². The predicted molar refractivity (Wildman–Crippen MR) is 89.7 cm³/mol. The van der Waals surface area contributed by atoms with Crippen LogP contribution in [0.4, 0.5) is 0 Å². The maximum atomic E-state index is 11.3. The lowest BCUT2D eigenvalue weighted by Gasteiger charge is -2.18. The summed E-state index contributed by atoms with van der Waals surface area (Å²) < 4.78 is 7.07. The average Bonchev–Trinajstić information content (AvgIpc) is 2.91. The molecule has 0 amide bonds. The lowest BCUT2D eigenvalue weighted by Crippen LogP contribution is -2.30. The third kappa shape index (κ3) is 3.51. The molecule has 1 fully saturated rings. The number of hydrogen-bond donors (Lipinski definition) is 0. The van der Waals surface area contributed by atoms with E-state index in [1.54, 1.807) is 0 Å². The first-order valence-electron chi connectivity index (χ1n) is 6.90. The lowest BCUT2D eigenvalue weighted by atomic mass is 10.1. The number of nitrogens with zero attached hydrogens (tertiary/aromatic N) is 1. The number of rotatable bonds is 4. The maximum absolute atomic E-state index is 11.3. The van der Waals surface area contributed by atoms with Crippen molar-refractivity contribution in [2.24, 2.45) is 0 Å². The number of benzene rings is 2. The Morgan fingerprint density at radius 3 is 2.71 bits per heavy atom. The van der Waals surface area contributed by atoms with Crippen LogP contribution < -0.4 is 0 Å². The smallest absolute Gasteiger partial charge is 0.168 e. The number of halogens is 1. The number of carbonyl (C=O) groups excluding carboxylic acids is 1. The highest BCUT2D eigenvalue weighted by Gasteiger charge is 2.33.